The summed E-state index contributed by atoms with van der Waals surface area (Å²) in [5.41, 5.74) is 0.858. The summed E-state index contributed by atoms with van der Waals surface area (Å²) in [6, 6.07) is 1.89. The number of nitrogens with one attached hydrogen (secondary N) is 1. The van der Waals surface area contributed by atoms with E-state index >= 15 is 0 Å². The van der Waals surface area contributed by atoms with E-state index in [-0.39, 0.29) is 0 Å². The summed E-state index contributed by atoms with van der Waals surface area (Å²) in [6.07, 6.45) is 4.76. The normalized spacial score (nSPS) is 24.8. The first-order valence-corrected chi connectivity index (χ1v) is 7.57. The average molecular weight is 282 g/mol. The Kier molecular flexibility index (Phi) is 6.01. The van der Waals surface area contributed by atoms with E-state index in [1.165, 1.54) is 19.3 Å². The van der Waals surface area contributed by atoms with Gasteiger partial charge in [0.2, 0.25) is 0 Å². The zero-order chi connectivity index (χ0) is 14.4. The molecule has 5 nitrogen and oxygen atoms in total. The maximum Gasteiger partial charge on any atom is 0.133 e. The molecule has 3 atom stereocenters. The fourth-order valence-corrected chi connectivity index (χ4v) is 2.69. The van der Waals surface area contributed by atoms with E-state index < -0.39 is 6.10 Å². The SMILES string of the molecule is Cc1cc(CNCC(O)COC2CCCCC2C)no1. The topological polar surface area (TPSA) is 67.5 Å². The standard InChI is InChI=1S/C15H26N2O3/c1-11-5-3-4-6-15(11)19-10-14(18)9-16-8-13-7-12(2)20-17-13/h7,11,14-16,18H,3-6,8-10H2,1-2H3. The highest BCUT2D eigenvalue weighted by Gasteiger charge is 2.22. The zero-order valence-corrected chi connectivity index (χ0v) is 12.5. The van der Waals surface area contributed by atoms with Crippen molar-refractivity contribution in [1.82, 2.24) is 10.5 Å². The lowest BCUT2D eigenvalue weighted by Crippen LogP contribution is -2.34. The molecule has 1 aliphatic rings. The van der Waals surface area contributed by atoms with Crippen LogP contribution in [0, 0.1) is 12.8 Å². The Balaban J connectivity index is 1.59. The van der Waals surface area contributed by atoms with Crippen molar-refractivity contribution in [2.45, 2.75) is 58.3 Å². The lowest BCUT2D eigenvalue weighted by Gasteiger charge is -2.29. The highest BCUT2D eigenvalue weighted by atomic mass is 16.5. The molecule has 0 bridgehead atoms. The van der Waals surface area contributed by atoms with Gasteiger partial charge in [-0.15, -0.1) is 0 Å². The Morgan fingerprint density at radius 2 is 2.30 bits per heavy atom. The summed E-state index contributed by atoms with van der Waals surface area (Å²) < 4.78 is 10.8. The van der Waals surface area contributed by atoms with E-state index in [4.69, 9.17) is 9.26 Å². The van der Waals surface area contributed by atoms with Crippen LogP contribution in [0.5, 0.6) is 0 Å². The van der Waals surface area contributed by atoms with Crippen molar-refractivity contribution in [3.8, 4) is 0 Å². The molecule has 0 aliphatic heterocycles. The van der Waals surface area contributed by atoms with Gasteiger partial charge in [0.25, 0.3) is 0 Å². The van der Waals surface area contributed by atoms with Crippen molar-refractivity contribution in [3.63, 3.8) is 0 Å². The lowest BCUT2D eigenvalue weighted by atomic mass is 9.88. The largest absolute Gasteiger partial charge is 0.389 e. The molecule has 3 unspecified atom stereocenters. The van der Waals surface area contributed by atoms with Crippen molar-refractivity contribution >= 4 is 0 Å². The van der Waals surface area contributed by atoms with Crippen LogP contribution in [0.25, 0.3) is 0 Å². The van der Waals surface area contributed by atoms with Gasteiger partial charge in [0.15, 0.2) is 0 Å². The first-order chi connectivity index (χ1) is 9.65. The number of nitrogens with zero attached hydrogens (tertiary/aromatic N) is 1. The third-order valence-corrected chi connectivity index (χ3v) is 3.90. The van der Waals surface area contributed by atoms with Crippen LogP contribution in [0.15, 0.2) is 10.6 Å². The number of aromatic nitrogens is 1. The summed E-state index contributed by atoms with van der Waals surface area (Å²) >= 11 is 0. The average Bonchev–Trinajstić information content (AvgIpc) is 2.83. The first-order valence-electron chi connectivity index (χ1n) is 7.57. The van der Waals surface area contributed by atoms with Gasteiger partial charge < -0.3 is 19.7 Å². The summed E-state index contributed by atoms with van der Waals surface area (Å²) in [6.45, 7) is 5.62. The molecule has 1 aromatic heterocycles. The molecule has 2 rings (SSSR count). The van der Waals surface area contributed by atoms with Crippen LogP contribution in [0.4, 0.5) is 0 Å². The van der Waals surface area contributed by atoms with Crippen LogP contribution in [0.3, 0.4) is 0 Å². The van der Waals surface area contributed by atoms with E-state index in [2.05, 4.69) is 17.4 Å². The number of ether oxygens (including phenoxy) is 1. The minimum Gasteiger partial charge on any atom is -0.389 e. The molecular weight excluding hydrogens is 256 g/mol. The Hall–Kier alpha value is -0.910. The molecule has 0 aromatic carbocycles. The van der Waals surface area contributed by atoms with Crippen LogP contribution in [0.1, 0.15) is 44.1 Å². The third-order valence-electron chi connectivity index (χ3n) is 3.90. The molecule has 1 saturated carbocycles. The van der Waals surface area contributed by atoms with Crippen LogP contribution >= 0.6 is 0 Å². The molecule has 0 amide bonds. The second-order valence-electron chi connectivity index (χ2n) is 5.85. The van der Waals surface area contributed by atoms with E-state index in [9.17, 15) is 5.11 Å². The van der Waals surface area contributed by atoms with Gasteiger partial charge >= 0.3 is 0 Å². The van der Waals surface area contributed by atoms with Crippen molar-refractivity contribution in [1.29, 1.82) is 0 Å². The molecule has 1 aromatic rings. The molecule has 2 N–H and O–H groups in total. The fourth-order valence-electron chi connectivity index (χ4n) is 2.69. The monoisotopic (exact) mass is 282 g/mol. The number of hydrogen-bond acceptors (Lipinski definition) is 5. The fraction of sp³-hybridized carbons (Fsp3) is 0.800. The summed E-state index contributed by atoms with van der Waals surface area (Å²) in [5.74, 6) is 1.42. The molecule has 0 saturated heterocycles. The van der Waals surface area contributed by atoms with Crippen molar-refractivity contribution < 1.29 is 14.4 Å². The zero-order valence-electron chi connectivity index (χ0n) is 12.5. The first kappa shape index (κ1) is 15.5. The van der Waals surface area contributed by atoms with Gasteiger partial charge in [-0.3, -0.25) is 0 Å². The van der Waals surface area contributed by atoms with Crippen LogP contribution in [0.2, 0.25) is 0 Å². The molecule has 114 valence electrons. The van der Waals surface area contributed by atoms with Gasteiger partial charge in [-0.1, -0.05) is 24.9 Å². The van der Waals surface area contributed by atoms with Crippen molar-refractivity contribution in [2.24, 2.45) is 5.92 Å². The predicted octanol–water partition coefficient (Wildman–Crippen LogP) is 2.03. The molecule has 1 heterocycles. The summed E-state index contributed by atoms with van der Waals surface area (Å²) in [4.78, 5) is 0. The van der Waals surface area contributed by atoms with Gasteiger partial charge in [0.05, 0.1) is 24.5 Å². The highest BCUT2D eigenvalue weighted by molar-refractivity contribution is 5.02. The molecule has 0 radical (unpaired) electrons. The van der Waals surface area contributed by atoms with Gasteiger partial charge in [-0.25, -0.2) is 0 Å². The maximum atomic E-state index is 9.92. The molecule has 5 heteroatoms. The van der Waals surface area contributed by atoms with Crippen LogP contribution < -0.4 is 5.32 Å². The summed E-state index contributed by atoms with van der Waals surface area (Å²) in [5, 5.41) is 17.0. The Morgan fingerprint density at radius 3 is 3.00 bits per heavy atom. The Labute approximate surface area is 120 Å². The van der Waals surface area contributed by atoms with Gasteiger partial charge in [-0.2, -0.15) is 0 Å². The van der Waals surface area contributed by atoms with Crippen molar-refractivity contribution in [3.05, 3.63) is 17.5 Å². The van der Waals surface area contributed by atoms with E-state index in [1.54, 1.807) is 0 Å². The number of aryl methyl sites for hydroxylation is 1. The maximum absolute atomic E-state index is 9.92. The van der Waals surface area contributed by atoms with Gasteiger partial charge in [0.1, 0.15) is 5.76 Å². The Bertz CT molecular complexity index is 394. The minimum absolute atomic E-state index is 0.316. The van der Waals surface area contributed by atoms with Gasteiger partial charge in [0, 0.05) is 19.2 Å². The number of aliphatic hydroxyl groups is 1. The number of hydrogen-bond donors (Lipinski definition) is 2. The molecule has 0 spiro atoms. The Morgan fingerprint density at radius 1 is 1.50 bits per heavy atom. The van der Waals surface area contributed by atoms with E-state index in [0.29, 0.717) is 31.7 Å². The number of aliphatic hydroxyl groups excluding tert-OH is 1. The number of rotatable bonds is 7. The van der Waals surface area contributed by atoms with E-state index in [0.717, 1.165) is 17.9 Å². The lowest BCUT2D eigenvalue weighted by molar-refractivity contribution is -0.0452. The van der Waals surface area contributed by atoms with Gasteiger partial charge in [-0.05, 0) is 25.7 Å². The molecule has 20 heavy (non-hydrogen) atoms. The van der Waals surface area contributed by atoms with E-state index in [1.807, 2.05) is 13.0 Å². The molecule has 1 aliphatic carbocycles. The molecule has 1 fully saturated rings. The summed E-state index contributed by atoms with van der Waals surface area (Å²) in [7, 11) is 0. The van der Waals surface area contributed by atoms with Crippen LogP contribution in [-0.4, -0.2) is 35.6 Å². The van der Waals surface area contributed by atoms with Crippen LogP contribution in [-0.2, 0) is 11.3 Å². The quantitative estimate of drug-likeness (QED) is 0.801. The third kappa shape index (κ3) is 4.89. The molecular formula is C15H26N2O3. The second-order valence-corrected chi connectivity index (χ2v) is 5.85. The smallest absolute Gasteiger partial charge is 0.133 e. The predicted molar refractivity (Wildman–Crippen MR) is 76.3 cm³/mol. The highest BCUT2D eigenvalue weighted by Crippen LogP contribution is 2.26. The van der Waals surface area contributed by atoms with Crippen molar-refractivity contribution in [2.75, 3.05) is 13.2 Å². The minimum atomic E-state index is -0.475. The second kappa shape index (κ2) is 7.76.